The van der Waals surface area contributed by atoms with Crippen LogP contribution in [0.5, 0.6) is 5.75 Å². The van der Waals surface area contributed by atoms with E-state index in [0.29, 0.717) is 35.1 Å². The number of aryl methyl sites for hydroxylation is 2. The predicted octanol–water partition coefficient (Wildman–Crippen LogP) is 6.79. The number of rotatable bonds is 7. The van der Waals surface area contributed by atoms with Crippen molar-refractivity contribution in [1.82, 2.24) is 14.5 Å². The molecule has 0 radical (unpaired) electrons. The molecule has 2 aromatic heterocycles. The Bertz CT molecular complexity index is 1250. The summed E-state index contributed by atoms with van der Waals surface area (Å²) in [4.78, 5) is 20.7. The minimum atomic E-state index is -4.75. The smallest absolute Gasteiger partial charge is 0.481 e. The summed E-state index contributed by atoms with van der Waals surface area (Å²) in [6, 6.07) is 7.53. The quantitative estimate of drug-likeness (QED) is 0.368. The van der Waals surface area contributed by atoms with Crippen LogP contribution in [0.1, 0.15) is 63.8 Å². The summed E-state index contributed by atoms with van der Waals surface area (Å²) in [6.45, 7) is 8.62. The first-order chi connectivity index (χ1) is 16.8. The Kier molecular flexibility index (Phi) is 6.90. The Morgan fingerprint density at radius 3 is 2.53 bits per heavy atom. The number of benzene rings is 1. The van der Waals surface area contributed by atoms with Crippen LogP contribution in [0.3, 0.4) is 0 Å². The van der Waals surface area contributed by atoms with E-state index in [-0.39, 0.29) is 23.6 Å². The monoisotopic (exact) mass is 504 g/mol. The van der Waals surface area contributed by atoms with Crippen LogP contribution in [0.2, 0.25) is 0 Å². The van der Waals surface area contributed by atoms with Gasteiger partial charge in [-0.15, -0.1) is 13.2 Å². The summed E-state index contributed by atoms with van der Waals surface area (Å²) in [7, 11) is 0. The number of carboxylic acids is 1. The van der Waals surface area contributed by atoms with Crippen LogP contribution in [0.15, 0.2) is 30.3 Å². The molecule has 2 unspecified atom stereocenters. The molecule has 1 fully saturated rings. The highest BCUT2D eigenvalue weighted by molar-refractivity contribution is 5.78. The van der Waals surface area contributed by atoms with Gasteiger partial charge in [0, 0.05) is 23.8 Å². The zero-order valence-electron chi connectivity index (χ0n) is 20.8. The molecule has 0 bridgehead atoms. The molecule has 2 atom stereocenters. The number of carbonyl (C=O) groups is 1. The van der Waals surface area contributed by atoms with Gasteiger partial charge in [0.25, 0.3) is 0 Å². The van der Waals surface area contributed by atoms with Gasteiger partial charge >= 0.3 is 12.3 Å². The number of pyridine rings is 1. The first-order valence-corrected chi connectivity index (χ1v) is 12.0. The number of anilines is 2. The van der Waals surface area contributed by atoms with Gasteiger partial charge in [0.05, 0.1) is 0 Å². The van der Waals surface area contributed by atoms with Crippen molar-refractivity contribution < 1.29 is 27.8 Å². The van der Waals surface area contributed by atoms with E-state index in [9.17, 15) is 18.0 Å². The van der Waals surface area contributed by atoms with Crippen LogP contribution in [-0.4, -0.2) is 32.0 Å². The van der Waals surface area contributed by atoms with Crippen LogP contribution in [0, 0.1) is 18.3 Å². The van der Waals surface area contributed by atoms with Crippen molar-refractivity contribution in [3.05, 3.63) is 41.6 Å². The van der Waals surface area contributed by atoms with E-state index in [1.165, 1.54) is 24.3 Å². The van der Waals surface area contributed by atoms with Gasteiger partial charge in [0.15, 0.2) is 5.65 Å². The Balaban J connectivity index is 1.74. The van der Waals surface area contributed by atoms with Crippen LogP contribution < -0.4 is 10.1 Å². The van der Waals surface area contributed by atoms with E-state index in [4.69, 9.17) is 15.1 Å². The van der Waals surface area contributed by atoms with Crippen molar-refractivity contribution >= 4 is 28.8 Å². The summed E-state index contributed by atoms with van der Waals surface area (Å²) in [6.07, 6.45) is -1.41. The Morgan fingerprint density at radius 2 is 1.92 bits per heavy atom. The van der Waals surface area contributed by atoms with Crippen molar-refractivity contribution in [3.63, 3.8) is 0 Å². The lowest BCUT2D eigenvalue weighted by Gasteiger charge is -2.40. The van der Waals surface area contributed by atoms with Gasteiger partial charge < -0.3 is 15.2 Å². The highest BCUT2D eigenvalue weighted by Crippen LogP contribution is 2.46. The normalized spacial score (nSPS) is 19.9. The summed E-state index contributed by atoms with van der Waals surface area (Å²) in [5.74, 6) is -0.131. The number of fused-ring (bicyclic) bond motifs is 1. The highest BCUT2D eigenvalue weighted by atomic mass is 19.4. The second-order valence-electron chi connectivity index (χ2n) is 10.5. The molecule has 194 valence electrons. The number of hydrogen-bond acceptors (Lipinski definition) is 5. The van der Waals surface area contributed by atoms with E-state index in [1.54, 1.807) is 0 Å². The zero-order chi connectivity index (χ0) is 26.3. The molecular formula is C26H31F3N4O3. The number of aromatic nitrogens is 3. The van der Waals surface area contributed by atoms with Gasteiger partial charge in [-0.05, 0) is 79.8 Å². The molecule has 1 saturated carbocycles. The molecule has 1 aliphatic carbocycles. The van der Waals surface area contributed by atoms with E-state index in [2.05, 4.69) is 35.4 Å². The second-order valence-corrected chi connectivity index (χ2v) is 10.5. The fourth-order valence-electron chi connectivity index (χ4n) is 5.44. The third-order valence-electron chi connectivity index (χ3n) is 6.64. The number of nitrogens with one attached hydrogen (secondary N) is 1. The number of aliphatic carboxylic acids is 1. The number of carboxylic acid groups (broad SMARTS) is 1. The van der Waals surface area contributed by atoms with E-state index >= 15 is 0 Å². The van der Waals surface area contributed by atoms with Gasteiger partial charge in [-0.2, -0.15) is 0 Å². The van der Waals surface area contributed by atoms with E-state index in [0.717, 1.165) is 30.5 Å². The topological polar surface area (TPSA) is 89.3 Å². The molecule has 1 aliphatic rings. The Morgan fingerprint density at radius 1 is 1.22 bits per heavy atom. The van der Waals surface area contributed by atoms with Crippen molar-refractivity contribution in [3.8, 4) is 5.75 Å². The molecule has 1 aromatic carbocycles. The molecule has 0 amide bonds. The minimum absolute atomic E-state index is 0.000513. The molecule has 10 heteroatoms. The van der Waals surface area contributed by atoms with Crippen LogP contribution in [0.4, 0.5) is 24.8 Å². The van der Waals surface area contributed by atoms with E-state index in [1.807, 2.05) is 13.0 Å². The molecule has 2 N–H and O–H groups in total. The number of ether oxygens (including phenoxy) is 1. The average Bonchev–Trinajstić information content (AvgIpc) is 3.07. The fourth-order valence-corrected chi connectivity index (χ4v) is 5.44. The van der Waals surface area contributed by atoms with Gasteiger partial charge in [-0.25, -0.2) is 9.97 Å². The molecule has 7 nitrogen and oxygen atoms in total. The predicted molar refractivity (Wildman–Crippen MR) is 130 cm³/mol. The van der Waals surface area contributed by atoms with Gasteiger partial charge in [0.1, 0.15) is 11.3 Å². The molecule has 0 aliphatic heterocycles. The van der Waals surface area contributed by atoms with Crippen molar-refractivity contribution in [2.75, 3.05) is 5.32 Å². The van der Waals surface area contributed by atoms with Crippen LogP contribution in [-0.2, 0) is 11.2 Å². The standard InChI is InChI=1S/C26H31F3N4O3/c1-15-11-19(14-25(3,4)13-15)33-23-21(12-17(16(2)30-23)5-10-22(34)35)32-24(33)31-18-6-8-20(9-7-18)36-26(27,28)29/h6-9,12,15,19H,5,10-11,13-14H2,1-4H3,(H,31,32)(H,34,35). The minimum Gasteiger partial charge on any atom is -0.481 e. The zero-order valence-corrected chi connectivity index (χ0v) is 20.8. The summed E-state index contributed by atoms with van der Waals surface area (Å²) >= 11 is 0. The van der Waals surface area contributed by atoms with Crippen LogP contribution in [0.25, 0.3) is 11.2 Å². The maximum absolute atomic E-state index is 12.5. The third kappa shape index (κ3) is 6.09. The van der Waals surface area contributed by atoms with Gasteiger partial charge in [-0.1, -0.05) is 20.8 Å². The average molecular weight is 505 g/mol. The first-order valence-electron chi connectivity index (χ1n) is 12.0. The van der Waals surface area contributed by atoms with Crippen molar-refractivity contribution in [1.29, 1.82) is 0 Å². The van der Waals surface area contributed by atoms with Crippen molar-refractivity contribution in [2.24, 2.45) is 11.3 Å². The first kappa shape index (κ1) is 25.8. The third-order valence-corrected chi connectivity index (χ3v) is 6.64. The fraction of sp³-hybridized carbons (Fsp3) is 0.500. The maximum atomic E-state index is 12.5. The highest BCUT2D eigenvalue weighted by Gasteiger charge is 2.35. The lowest BCUT2D eigenvalue weighted by atomic mass is 9.70. The van der Waals surface area contributed by atoms with E-state index < -0.39 is 12.3 Å². The molecular weight excluding hydrogens is 473 g/mol. The molecule has 0 spiro atoms. The summed E-state index contributed by atoms with van der Waals surface area (Å²) in [5, 5.41) is 12.4. The Hall–Kier alpha value is -3.30. The molecule has 4 rings (SSSR count). The van der Waals surface area contributed by atoms with Crippen molar-refractivity contribution in [2.45, 2.75) is 72.2 Å². The molecule has 36 heavy (non-hydrogen) atoms. The number of nitrogens with zero attached hydrogens (tertiary/aromatic N) is 3. The summed E-state index contributed by atoms with van der Waals surface area (Å²) in [5.41, 5.74) is 3.63. The molecule has 0 saturated heterocycles. The molecule has 2 heterocycles. The van der Waals surface area contributed by atoms with Crippen LogP contribution >= 0.6 is 0 Å². The lowest BCUT2D eigenvalue weighted by molar-refractivity contribution is -0.274. The maximum Gasteiger partial charge on any atom is 0.573 e. The lowest BCUT2D eigenvalue weighted by Crippen LogP contribution is -2.30. The number of imidazole rings is 1. The van der Waals surface area contributed by atoms with Gasteiger partial charge in [0.2, 0.25) is 5.95 Å². The summed E-state index contributed by atoms with van der Waals surface area (Å²) < 4.78 is 43.7. The number of hydrogen-bond donors (Lipinski definition) is 2. The Labute approximate surface area is 207 Å². The second kappa shape index (κ2) is 9.63. The SMILES string of the molecule is Cc1nc2c(cc1CCC(=O)O)nc(Nc1ccc(OC(F)(F)F)cc1)n2C1CC(C)CC(C)(C)C1. The number of alkyl halides is 3. The van der Waals surface area contributed by atoms with Gasteiger partial charge in [-0.3, -0.25) is 9.36 Å². The largest absolute Gasteiger partial charge is 0.573 e. The molecule has 3 aromatic rings. The number of halogens is 3.